The molecule has 1 aliphatic heterocycles. The van der Waals surface area contributed by atoms with Crippen molar-refractivity contribution in [2.24, 2.45) is 0 Å². The van der Waals surface area contributed by atoms with Gasteiger partial charge in [-0.05, 0) is 26.4 Å². The minimum absolute atomic E-state index is 0.643. The van der Waals surface area contributed by atoms with E-state index in [1.165, 1.54) is 25.8 Å². The van der Waals surface area contributed by atoms with Crippen LogP contribution in [0.15, 0.2) is 10.9 Å². The van der Waals surface area contributed by atoms with Crippen molar-refractivity contribution >= 4 is 0 Å². The molecule has 5 nitrogen and oxygen atoms in total. The minimum atomic E-state index is 0.643. The van der Waals surface area contributed by atoms with Crippen LogP contribution in [0.25, 0.3) is 0 Å². The van der Waals surface area contributed by atoms with E-state index in [-0.39, 0.29) is 0 Å². The van der Waals surface area contributed by atoms with Crippen molar-refractivity contribution in [1.29, 1.82) is 0 Å². The van der Waals surface area contributed by atoms with E-state index in [2.05, 4.69) is 20.4 Å². The Labute approximate surface area is 89.8 Å². The maximum absolute atomic E-state index is 4.70. The number of piperidine rings is 1. The number of likely N-dealkylation sites (tertiary alicyclic amines) is 1. The van der Waals surface area contributed by atoms with Crippen molar-refractivity contribution in [3.05, 3.63) is 12.2 Å². The van der Waals surface area contributed by atoms with Crippen LogP contribution in [0.5, 0.6) is 0 Å². The summed E-state index contributed by atoms with van der Waals surface area (Å²) in [7, 11) is 2.04. The number of hydrogen-bond donors (Lipinski definition) is 1. The monoisotopic (exact) mass is 210 g/mol. The number of nitrogens with zero attached hydrogens (tertiary/aromatic N) is 3. The predicted octanol–water partition coefficient (Wildman–Crippen LogP) is 0.296. The molecule has 1 aliphatic rings. The van der Waals surface area contributed by atoms with E-state index in [1.54, 1.807) is 0 Å². The second-order valence-corrected chi connectivity index (χ2v) is 4.03. The third-order valence-corrected chi connectivity index (χ3v) is 2.97. The second kappa shape index (κ2) is 5.23. The molecular weight excluding hydrogens is 192 g/mol. The van der Waals surface area contributed by atoms with E-state index in [1.807, 2.05) is 7.05 Å². The van der Waals surface area contributed by atoms with Crippen LogP contribution in [0.1, 0.15) is 18.7 Å². The summed E-state index contributed by atoms with van der Waals surface area (Å²) >= 11 is 0. The molecule has 1 fully saturated rings. The SMILES string of the molecule is CNC1CCCN(CCc2ncon2)C1. The van der Waals surface area contributed by atoms with Gasteiger partial charge in [0.2, 0.25) is 6.39 Å². The zero-order valence-corrected chi connectivity index (χ0v) is 9.15. The largest absolute Gasteiger partial charge is 0.343 e. The molecule has 1 aromatic heterocycles. The molecule has 0 aromatic carbocycles. The Kier molecular flexibility index (Phi) is 3.69. The van der Waals surface area contributed by atoms with Gasteiger partial charge in [-0.25, -0.2) is 0 Å². The number of hydrogen-bond acceptors (Lipinski definition) is 5. The van der Waals surface area contributed by atoms with Crippen molar-refractivity contribution in [2.75, 3.05) is 26.7 Å². The van der Waals surface area contributed by atoms with Gasteiger partial charge in [0.05, 0.1) is 0 Å². The van der Waals surface area contributed by atoms with Crippen LogP contribution in [0.3, 0.4) is 0 Å². The average molecular weight is 210 g/mol. The van der Waals surface area contributed by atoms with Crippen LogP contribution >= 0.6 is 0 Å². The van der Waals surface area contributed by atoms with Gasteiger partial charge < -0.3 is 14.7 Å². The standard InChI is InChI=1S/C10H18N4O/c1-11-9-3-2-5-14(7-9)6-4-10-12-8-15-13-10/h8-9,11H,2-7H2,1H3. The van der Waals surface area contributed by atoms with E-state index in [0.29, 0.717) is 6.04 Å². The first-order valence-electron chi connectivity index (χ1n) is 5.53. The second-order valence-electron chi connectivity index (χ2n) is 4.03. The number of aromatic nitrogens is 2. The molecule has 0 saturated carbocycles. The van der Waals surface area contributed by atoms with Crippen LogP contribution in [0, 0.1) is 0 Å². The summed E-state index contributed by atoms with van der Waals surface area (Å²) in [6, 6.07) is 0.643. The van der Waals surface area contributed by atoms with Crippen LogP contribution in [-0.4, -0.2) is 47.8 Å². The molecule has 0 aliphatic carbocycles. The van der Waals surface area contributed by atoms with Crippen molar-refractivity contribution in [3.63, 3.8) is 0 Å². The number of rotatable bonds is 4. The first kappa shape index (κ1) is 10.6. The van der Waals surface area contributed by atoms with Crippen LogP contribution in [0.4, 0.5) is 0 Å². The Morgan fingerprint density at radius 1 is 1.67 bits per heavy atom. The summed E-state index contributed by atoms with van der Waals surface area (Å²) in [5.74, 6) is 0.807. The summed E-state index contributed by atoms with van der Waals surface area (Å²) < 4.78 is 4.70. The Morgan fingerprint density at radius 3 is 3.33 bits per heavy atom. The Morgan fingerprint density at radius 2 is 2.60 bits per heavy atom. The van der Waals surface area contributed by atoms with Crippen molar-refractivity contribution in [2.45, 2.75) is 25.3 Å². The van der Waals surface area contributed by atoms with Gasteiger partial charge in [0.1, 0.15) is 0 Å². The highest BCUT2D eigenvalue weighted by Crippen LogP contribution is 2.09. The quantitative estimate of drug-likeness (QED) is 0.774. The number of nitrogens with one attached hydrogen (secondary N) is 1. The zero-order chi connectivity index (χ0) is 10.5. The third-order valence-electron chi connectivity index (χ3n) is 2.97. The van der Waals surface area contributed by atoms with Gasteiger partial charge in [-0.2, -0.15) is 4.98 Å². The fraction of sp³-hybridized carbons (Fsp3) is 0.800. The highest BCUT2D eigenvalue weighted by Gasteiger charge is 2.18. The summed E-state index contributed by atoms with van der Waals surface area (Å²) in [6.45, 7) is 3.35. The first-order chi connectivity index (χ1) is 7.38. The van der Waals surface area contributed by atoms with E-state index < -0.39 is 0 Å². The zero-order valence-electron chi connectivity index (χ0n) is 9.15. The van der Waals surface area contributed by atoms with Gasteiger partial charge in [0.25, 0.3) is 0 Å². The highest BCUT2D eigenvalue weighted by molar-refractivity contribution is 4.82. The molecule has 2 rings (SSSR count). The normalized spacial score (nSPS) is 23.1. The maximum Gasteiger partial charge on any atom is 0.213 e. The van der Waals surface area contributed by atoms with E-state index in [9.17, 15) is 0 Å². The molecule has 0 spiro atoms. The Hall–Kier alpha value is -0.940. The molecule has 0 amide bonds. The molecular formula is C10H18N4O. The van der Waals surface area contributed by atoms with Gasteiger partial charge in [-0.15, -0.1) is 0 Å². The summed E-state index contributed by atoms with van der Waals surface area (Å²) in [5, 5.41) is 7.15. The average Bonchev–Trinajstić information content (AvgIpc) is 2.79. The van der Waals surface area contributed by atoms with Gasteiger partial charge in [-0.3, -0.25) is 0 Å². The Bertz CT molecular complexity index is 275. The maximum atomic E-state index is 4.70. The molecule has 1 aromatic rings. The summed E-state index contributed by atoms with van der Waals surface area (Å²) in [5.41, 5.74) is 0. The van der Waals surface area contributed by atoms with E-state index in [0.717, 1.165) is 25.3 Å². The predicted molar refractivity (Wildman–Crippen MR) is 56.5 cm³/mol. The van der Waals surface area contributed by atoms with Crippen LogP contribution in [0.2, 0.25) is 0 Å². The summed E-state index contributed by atoms with van der Waals surface area (Å²) in [4.78, 5) is 6.48. The van der Waals surface area contributed by atoms with Crippen LogP contribution < -0.4 is 5.32 Å². The fourth-order valence-electron chi connectivity index (χ4n) is 2.05. The molecule has 1 atom stereocenters. The lowest BCUT2D eigenvalue weighted by Gasteiger charge is -2.32. The molecule has 1 N–H and O–H groups in total. The van der Waals surface area contributed by atoms with E-state index in [4.69, 9.17) is 4.52 Å². The molecule has 15 heavy (non-hydrogen) atoms. The molecule has 0 bridgehead atoms. The van der Waals surface area contributed by atoms with Gasteiger partial charge in [-0.1, -0.05) is 5.16 Å². The topological polar surface area (TPSA) is 54.2 Å². The van der Waals surface area contributed by atoms with Crippen molar-refractivity contribution in [1.82, 2.24) is 20.4 Å². The molecule has 1 unspecified atom stereocenters. The fourth-order valence-corrected chi connectivity index (χ4v) is 2.05. The van der Waals surface area contributed by atoms with Gasteiger partial charge in [0, 0.05) is 25.6 Å². The van der Waals surface area contributed by atoms with Crippen LogP contribution in [-0.2, 0) is 6.42 Å². The Balaban J connectivity index is 1.74. The van der Waals surface area contributed by atoms with Crippen molar-refractivity contribution in [3.8, 4) is 0 Å². The lowest BCUT2D eigenvalue weighted by Crippen LogP contribution is -2.45. The molecule has 0 radical (unpaired) electrons. The third kappa shape index (κ3) is 3.00. The first-order valence-corrected chi connectivity index (χ1v) is 5.53. The lowest BCUT2D eigenvalue weighted by molar-refractivity contribution is 0.196. The smallest absolute Gasteiger partial charge is 0.213 e. The lowest BCUT2D eigenvalue weighted by atomic mass is 10.1. The number of likely N-dealkylation sites (N-methyl/N-ethyl adjacent to an activating group) is 1. The highest BCUT2D eigenvalue weighted by atomic mass is 16.5. The molecule has 5 heteroatoms. The molecule has 2 heterocycles. The molecule has 84 valence electrons. The van der Waals surface area contributed by atoms with Gasteiger partial charge in [0.15, 0.2) is 5.82 Å². The van der Waals surface area contributed by atoms with Gasteiger partial charge >= 0.3 is 0 Å². The minimum Gasteiger partial charge on any atom is -0.343 e. The molecule has 1 saturated heterocycles. The van der Waals surface area contributed by atoms with Crippen molar-refractivity contribution < 1.29 is 4.52 Å². The summed E-state index contributed by atoms with van der Waals surface area (Å²) in [6.07, 6.45) is 4.84. The van der Waals surface area contributed by atoms with E-state index >= 15 is 0 Å².